The molecule has 5 heteroatoms. The molecule has 2 amide bonds. The van der Waals surface area contributed by atoms with Crippen molar-refractivity contribution in [2.75, 3.05) is 18.4 Å². The van der Waals surface area contributed by atoms with Gasteiger partial charge in [-0.1, -0.05) is 60.7 Å². The van der Waals surface area contributed by atoms with Crippen LogP contribution in [0.4, 0.5) is 5.69 Å². The van der Waals surface area contributed by atoms with Gasteiger partial charge in [0.15, 0.2) is 0 Å². The first-order valence-electron chi connectivity index (χ1n) is 12.1. The number of hydrogen-bond donors (Lipinski definition) is 2. The monoisotopic (exact) mass is 463 g/mol. The molecular formula is C30H29N3O2. The number of nitrogens with zero attached hydrogens (tertiary/aromatic N) is 1. The maximum Gasteiger partial charge on any atom is 0.260 e. The molecule has 1 saturated heterocycles. The van der Waals surface area contributed by atoms with Crippen LogP contribution in [0.15, 0.2) is 85.1 Å². The molecule has 0 atom stereocenters. The molecule has 0 aromatic heterocycles. The Labute approximate surface area is 206 Å². The van der Waals surface area contributed by atoms with Gasteiger partial charge in [0.2, 0.25) is 0 Å². The topological polar surface area (TPSA) is 61.4 Å². The number of anilines is 1. The molecule has 0 spiro atoms. The second kappa shape index (κ2) is 10.5. The molecule has 35 heavy (non-hydrogen) atoms. The minimum absolute atomic E-state index is 0.367. The van der Waals surface area contributed by atoms with Crippen LogP contribution < -0.4 is 10.6 Å². The van der Waals surface area contributed by atoms with Crippen LogP contribution in [-0.2, 0) is 17.8 Å². The van der Waals surface area contributed by atoms with Crippen molar-refractivity contribution in [3.8, 4) is 0 Å². The van der Waals surface area contributed by atoms with E-state index in [9.17, 15) is 9.59 Å². The summed E-state index contributed by atoms with van der Waals surface area (Å²) in [6.07, 6.45) is 9.18. The van der Waals surface area contributed by atoms with E-state index in [0.29, 0.717) is 16.7 Å². The minimum Gasteiger partial charge on any atom is -0.361 e. The fourth-order valence-electron chi connectivity index (χ4n) is 4.60. The standard InChI is InChI=1S/C30H29N3O2/c34-29-26-16-13-23(10-6-9-22-7-2-1-3-8-22)19-27(26)28(30(35)32-29)20-31-25-14-11-24(12-15-25)21-33-17-4-5-18-33/h1-3,6-8,10-16,19-20,31H,4-5,9,17-18,21H2,(H,32,34,35). The van der Waals surface area contributed by atoms with Crippen LogP contribution in [-0.4, -0.2) is 29.8 Å². The summed E-state index contributed by atoms with van der Waals surface area (Å²) < 4.78 is 0. The van der Waals surface area contributed by atoms with Crippen LogP contribution in [0.3, 0.4) is 0 Å². The first-order valence-corrected chi connectivity index (χ1v) is 12.1. The van der Waals surface area contributed by atoms with Crippen LogP contribution in [0.2, 0.25) is 0 Å². The zero-order valence-electron chi connectivity index (χ0n) is 19.7. The summed E-state index contributed by atoms with van der Waals surface area (Å²) in [6.45, 7) is 3.31. The van der Waals surface area contributed by atoms with Crippen molar-refractivity contribution in [1.82, 2.24) is 10.2 Å². The SMILES string of the molecule is O=C1NC(=O)c2ccc(C=CCc3ccccc3)cc2C1=CNc1ccc(CN2CCCC2)cc1. The highest BCUT2D eigenvalue weighted by atomic mass is 16.2. The molecule has 3 aromatic carbocycles. The van der Waals surface area contributed by atoms with Crippen molar-refractivity contribution in [3.63, 3.8) is 0 Å². The van der Waals surface area contributed by atoms with E-state index in [2.05, 4.69) is 45.9 Å². The average molecular weight is 464 g/mol. The summed E-state index contributed by atoms with van der Waals surface area (Å²) in [5.74, 6) is -0.765. The molecule has 2 aliphatic heterocycles. The van der Waals surface area contributed by atoms with Crippen molar-refractivity contribution < 1.29 is 9.59 Å². The molecule has 0 aliphatic carbocycles. The van der Waals surface area contributed by atoms with Gasteiger partial charge in [-0.3, -0.25) is 19.8 Å². The second-order valence-corrected chi connectivity index (χ2v) is 9.06. The van der Waals surface area contributed by atoms with E-state index in [4.69, 9.17) is 0 Å². The van der Waals surface area contributed by atoms with Gasteiger partial charge in [0.25, 0.3) is 11.8 Å². The van der Waals surface area contributed by atoms with Crippen molar-refractivity contribution in [1.29, 1.82) is 0 Å². The lowest BCUT2D eigenvalue weighted by atomic mass is 9.93. The Hall–Kier alpha value is -3.96. The van der Waals surface area contributed by atoms with E-state index in [1.54, 1.807) is 12.3 Å². The quantitative estimate of drug-likeness (QED) is 0.371. The number of imide groups is 1. The zero-order valence-corrected chi connectivity index (χ0v) is 19.7. The molecular weight excluding hydrogens is 434 g/mol. The number of amides is 2. The first-order chi connectivity index (χ1) is 17.2. The van der Waals surface area contributed by atoms with Crippen LogP contribution in [0.25, 0.3) is 11.6 Å². The van der Waals surface area contributed by atoms with Gasteiger partial charge in [0, 0.05) is 29.6 Å². The highest BCUT2D eigenvalue weighted by molar-refractivity contribution is 6.31. The Morgan fingerprint density at radius 3 is 2.37 bits per heavy atom. The summed E-state index contributed by atoms with van der Waals surface area (Å²) >= 11 is 0. The van der Waals surface area contributed by atoms with Crippen molar-refractivity contribution in [2.45, 2.75) is 25.8 Å². The van der Waals surface area contributed by atoms with Crippen LogP contribution in [0, 0.1) is 0 Å². The van der Waals surface area contributed by atoms with Gasteiger partial charge in [0.05, 0.1) is 5.57 Å². The third-order valence-electron chi connectivity index (χ3n) is 6.50. The third-order valence-corrected chi connectivity index (χ3v) is 6.50. The normalized spacial score (nSPS) is 17.1. The number of hydrogen-bond acceptors (Lipinski definition) is 4. The summed E-state index contributed by atoms with van der Waals surface area (Å²) in [5, 5.41) is 5.69. The Morgan fingerprint density at radius 2 is 1.60 bits per heavy atom. The molecule has 2 heterocycles. The minimum atomic E-state index is -0.397. The average Bonchev–Trinajstić information content (AvgIpc) is 3.38. The highest BCUT2D eigenvalue weighted by Gasteiger charge is 2.27. The Balaban J connectivity index is 1.32. The molecule has 0 radical (unpaired) electrons. The Morgan fingerprint density at radius 1 is 0.829 bits per heavy atom. The van der Waals surface area contributed by atoms with Gasteiger partial charge >= 0.3 is 0 Å². The van der Waals surface area contributed by atoms with E-state index in [0.717, 1.165) is 24.2 Å². The lowest BCUT2D eigenvalue weighted by Crippen LogP contribution is -2.36. The third kappa shape index (κ3) is 5.58. The van der Waals surface area contributed by atoms with Gasteiger partial charge in [-0.15, -0.1) is 0 Å². The molecule has 176 valence electrons. The first kappa shape index (κ1) is 22.8. The zero-order chi connectivity index (χ0) is 24.0. The van der Waals surface area contributed by atoms with E-state index in [1.165, 1.54) is 37.1 Å². The molecule has 2 N–H and O–H groups in total. The Kier molecular flexibility index (Phi) is 6.87. The molecule has 0 saturated carbocycles. The van der Waals surface area contributed by atoms with E-state index >= 15 is 0 Å². The van der Waals surface area contributed by atoms with Crippen LogP contribution in [0.5, 0.6) is 0 Å². The lowest BCUT2D eigenvalue weighted by molar-refractivity contribution is -0.114. The van der Waals surface area contributed by atoms with E-state index < -0.39 is 5.91 Å². The van der Waals surface area contributed by atoms with E-state index in [-0.39, 0.29) is 5.91 Å². The summed E-state index contributed by atoms with van der Waals surface area (Å²) in [5.41, 5.74) is 5.93. The van der Waals surface area contributed by atoms with Gasteiger partial charge in [-0.2, -0.15) is 0 Å². The van der Waals surface area contributed by atoms with Crippen molar-refractivity contribution in [3.05, 3.63) is 113 Å². The smallest absolute Gasteiger partial charge is 0.260 e. The molecule has 1 fully saturated rings. The molecule has 0 unspecified atom stereocenters. The molecule has 2 aliphatic rings. The van der Waals surface area contributed by atoms with E-state index in [1.807, 2.05) is 48.5 Å². The fraction of sp³-hybridized carbons (Fsp3) is 0.200. The maximum atomic E-state index is 12.7. The lowest BCUT2D eigenvalue weighted by Gasteiger charge is -2.19. The number of likely N-dealkylation sites (tertiary alicyclic amines) is 1. The van der Waals surface area contributed by atoms with Gasteiger partial charge in [0.1, 0.15) is 0 Å². The fourth-order valence-corrected chi connectivity index (χ4v) is 4.60. The highest BCUT2D eigenvalue weighted by Crippen LogP contribution is 2.26. The van der Waals surface area contributed by atoms with Crippen molar-refractivity contribution >= 4 is 29.2 Å². The van der Waals surface area contributed by atoms with Crippen molar-refractivity contribution in [2.24, 2.45) is 0 Å². The molecule has 3 aromatic rings. The maximum absolute atomic E-state index is 12.7. The van der Waals surface area contributed by atoms with Crippen LogP contribution >= 0.6 is 0 Å². The number of allylic oxidation sites excluding steroid dienone is 1. The van der Waals surface area contributed by atoms with Gasteiger partial charge < -0.3 is 5.32 Å². The van der Waals surface area contributed by atoms with Crippen LogP contribution in [0.1, 0.15) is 45.5 Å². The number of rotatable bonds is 7. The Bertz CT molecular complexity index is 1270. The summed E-state index contributed by atoms with van der Waals surface area (Å²) in [4.78, 5) is 27.6. The number of nitrogens with one attached hydrogen (secondary N) is 2. The number of benzene rings is 3. The summed E-state index contributed by atoms with van der Waals surface area (Å²) in [7, 11) is 0. The second-order valence-electron chi connectivity index (χ2n) is 9.06. The molecule has 0 bridgehead atoms. The predicted octanol–water partition coefficient (Wildman–Crippen LogP) is 5.26. The van der Waals surface area contributed by atoms with Gasteiger partial charge in [-0.25, -0.2) is 0 Å². The largest absolute Gasteiger partial charge is 0.361 e. The molecule has 5 rings (SSSR count). The number of fused-ring (bicyclic) bond motifs is 1. The molecule has 5 nitrogen and oxygen atoms in total. The number of carbonyl (C=O) groups is 2. The van der Waals surface area contributed by atoms with Gasteiger partial charge in [-0.05, 0) is 73.3 Å². The number of carbonyl (C=O) groups excluding carboxylic acids is 2. The predicted molar refractivity (Wildman–Crippen MR) is 141 cm³/mol. The summed E-state index contributed by atoms with van der Waals surface area (Å²) in [6, 6.07) is 24.1.